The van der Waals surface area contributed by atoms with Gasteiger partial charge in [0.15, 0.2) is 0 Å². The molecule has 0 unspecified atom stereocenters. The van der Waals surface area contributed by atoms with E-state index in [-0.39, 0.29) is 0 Å². The van der Waals surface area contributed by atoms with Gasteiger partial charge in [0, 0.05) is 32.5 Å². The minimum absolute atomic E-state index is 0.839. The molecule has 0 bridgehead atoms. The van der Waals surface area contributed by atoms with Crippen LogP contribution in [0.5, 0.6) is 0 Å². The molecule has 4 rings (SSSR count). The number of aromatic nitrogens is 3. The third-order valence-corrected chi connectivity index (χ3v) is 4.36. The molecule has 0 amide bonds. The van der Waals surface area contributed by atoms with Crippen molar-refractivity contribution in [1.29, 1.82) is 0 Å². The minimum Gasteiger partial charge on any atom is -0.468 e. The summed E-state index contributed by atoms with van der Waals surface area (Å²) in [6.07, 6.45) is 3.51. The molecule has 5 nitrogen and oxygen atoms in total. The molecule has 1 aliphatic rings. The van der Waals surface area contributed by atoms with Crippen LogP contribution in [0.15, 0.2) is 53.1 Å². The van der Waals surface area contributed by atoms with Crippen molar-refractivity contribution >= 4 is 0 Å². The van der Waals surface area contributed by atoms with Crippen LogP contribution in [0.4, 0.5) is 0 Å². The van der Waals surface area contributed by atoms with Crippen LogP contribution in [0.25, 0.3) is 0 Å². The van der Waals surface area contributed by atoms with Crippen molar-refractivity contribution in [2.75, 3.05) is 13.1 Å². The molecule has 2 aromatic heterocycles. The number of rotatable bonds is 4. The second-order valence-electron chi connectivity index (χ2n) is 5.95. The number of benzene rings is 1. The third-order valence-electron chi connectivity index (χ3n) is 4.36. The number of nitrogens with zero attached hydrogens (tertiary/aromatic N) is 4. The van der Waals surface area contributed by atoms with Crippen molar-refractivity contribution in [2.45, 2.75) is 25.9 Å². The van der Waals surface area contributed by atoms with Crippen LogP contribution >= 0.6 is 0 Å². The van der Waals surface area contributed by atoms with Gasteiger partial charge in [-0.2, -0.15) is 0 Å². The van der Waals surface area contributed by atoms with Crippen molar-refractivity contribution in [3.63, 3.8) is 0 Å². The van der Waals surface area contributed by atoms with E-state index in [1.807, 2.05) is 18.2 Å². The second kappa shape index (κ2) is 6.38. The van der Waals surface area contributed by atoms with Crippen LogP contribution in [0.1, 0.15) is 23.0 Å². The first kappa shape index (κ1) is 14.2. The Morgan fingerprint density at radius 3 is 2.70 bits per heavy atom. The Morgan fingerprint density at radius 1 is 0.957 bits per heavy atom. The smallest absolute Gasteiger partial charge is 0.137 e. The maximum Gasteiger partial charge on any atom is 0.137 e. The molecule has 0 saturated heterocycles. The molecule has 5 heteroatoms. The average Bonchev–Trinajstić information content (AvgIpc) is 3.17. The molecule has 118 valence electrons. The molecular formula is C18H20N4O. The fraction of sp³-hybridized carbons (Fsp3) is 0.333. The van der Waals surface area contributed by atoms with Crippen LogP contribution < -0.4 is 0 Å². The Kier molecular flexibility index (Phi) is 3.94. The summed E-state index contributed by atoms with van der Waals surface area (Å²) >= 11 is 0. The summed E-state index contributed by atoms with van der Waals surface area (Å²) in [7, 11) is 0. The van der Waals surface area contributed by atoms with E-state index in [1.165, 1.54) is 5.56 Å². The van der Waals surface area contributed by atoms with Gasteiger partial charge in [0.05, 0.1) is 12.8 Å². The highest BCUT2D eigenvalue weighted by Crippen LogP contribution is 2.15. The van der Waals surface area contributed by atoms with E-state index < -0.39 is 0 Å². The van der Waals surface area contributed by atoms with Gasteiger partial charge in [-0.3, -0.25) is 4.90 Å². The van der Waals surface area contributed by atoms with Crippen LogP contribution in [0, 0.1) is 0 Å². The lowest BCUT2D eigenvalue weighted by molar-refractivity contribution is 0.248. The van der Waals surface area contributed by atoms with Crippen molar-refractivity contribution in [1.82, 2.24) is 19.7 Å². The Hall–Kier alpha value is -2.40. The predicted molar refractivity (Wildman–Crippen MR) is 87.0 cm³/mol. The first-order valence-corrected chi connectivity index (χ1v) is 8.08. The molecule has 1 aliphatic heterocycles. The van der Waals surface area contributed by atoms with Crippen molar-refractivity contribution in [2.24, 2.45) is 0 Å². The lowest BCUT2D eigenvalue weighted by Crippen LogP contribution is -2.26. The van der Waals surface area contributed by atoms with Crippen LogP contribution in [-0.2, 0) is 25.9 Å². The highest BCUT2D eigenvalue weighted by atomic mass is 16.3. The van der Waals surface area contributed by atoms with E-state index in [9.17, 15) is 0 Å². The molecule has 0 saturated carbocycles. The maximum atomic E-state index is 5.46. The molecule has 0 spiro atoms. The van der Waals surface area contributed by atoms with Crippen molar-refractivity contribution in [3.05, 3.63) is 71.7 Å². The molecule has 0 aliphatic carbocycles. The molecule has 1 aromatic carbocycles. The van der Waals surface area contributed by atoms with E-state index in [1.54, 1.807) is 6.26 Å². The third kappa shape index (κ3) is 3.19. The topological polar surface area (TPSA) is 47.1 Å². The first-order valence-electron chi connectivity index (χ1n) is 8.08. The normalized spacial score (nSPS) is 15.3. The quantitative estimate of drug-likeness (QED) is 0.743. The highest BCUT2D eigenvalue weighted by Gasteiger charge is 2.19. The van der Waals surface area contributed by atoms with Gasteiger partial charge in [0.25, 0.3) is 0 Å². The Labute approximate surface area is 135 Å². The maximum absolute atomic E-state index is 5.46. The summed E-state index contributed by atoms with van der Waals surface area (Å²) in [5.41, 5.74) is 1.28. The van der Waals surface area contributed by atoms with Crippen molar-refractivity contribution in [3.8, 4) is 0 Å². The van der Waals surface area contributed by atoms with E-state index in [0.717, 1.165) is 56.4 Å². The summed E-state index contributed by atoms with van der Waals surface area (Å²) in [5.74, 6) is 3.18. The summed E-state index contributed by atoms with van der Waals surface area (Å²) < 4.78 is 7.75. The Morgan fingerprint density at radius 2 is 1.87 bits per heavy atom. The zero-order chi connectivity index (χ0) is 15.5. The zero-order valence-corrected chi connectivity index (χ0v) is 13.1. The summed E-state index contributed by atoms with van der Waals surface area (Å²) in [5, 5.41) is 8.82. The van der Waals surface area contributed by atoms with Gasteiger partial charge in [0.2, 0.25) is 0 Å². The molecule has 3 aromatic rings. The standard InChI is InChI=1S/C18H20N4O/c1-2-5-15(6-3-1)13-18-20-19-17-8-9-21(10-11-22(17)18)14-16-7-4-12-23-16/h1-7,12H,8-11,13-14H2. The molecule has 0 fully saturated rings. The SMILES string of the molecule is c1ccc(Cc2nnc3n2CCN(Cc2ccco2)CC3)cc1. The molecule has 0 atom stereocenters. The van der Waals surface area contributed by atoms with Crippen LogP contribution in [0.2, 0.25) is 0 Å². The van der Waals surface area contributed by atoms with Gasteiger partial charge >= 0.3 is 0 Å². The summed E-state index contributed by atoms with van der Waals surface area (Å²) in [4.78, 5) is 2.42. The molecule has 0 N–H and O–H groups in total. The van der Waals surface area contributed by atoms with Crippen LogP contribution in [0.3, 0.4) is 0 Å². The predicted octanol–water partition coefficient (Wildman–Crippen LogP) is 2.52. The monoisotopic (exact) mass is 308 g/mol. The molecule has 23 heavy (non-hydrogen) atoms. The Bertz CT molecular complexity index is 749. The zero-order valence-electron chi connectivity index (χ0n) is 13.1. The molecular weight excluding hydrogens is 288 g/mol. The van der Waals surface area contributed by atoms with Gasteiger partial charge in [-0.05, 0) is 17.7 Å². The largest absolute Gasteiger partial charge is 0.468 e. The summed E-state index contributed by atoms with van der Waals surface area (Å²) in [6.45, 7) is 3.78. The van der Waals surface area contributed by atoms with Gasteiger partial charge < -0.3 is 8.98 Å². The fourth-order valence-electron chi connectivity index (χ4n) is 3.12. The lowest BCUT2D eigenvalue weighted by atomic mass is 10.1. The molecule has 0 radical (unpaired) electrons. The summed E-state index contributed by atoms with van der Waals surface area (Å²) in [6, 6.07) is 14.4. The molecule has 3 heterocycles. The van der Waals surface area contributed by atoms with E-state index >= 15 is 0 Å². The Balaban J connectivity index is 1.47. The fourth-order valence-corrected chi connectivity index (χ4v) is 3.12. The van der Waals surface area contributed by atoms with Crippen LogP contribution in [-0.4, -0.2) is 32.8 Å². The second-order valence-corrected chi connectivity index (χ2v) is 5.95. The number of furan rings is 1. The van der Waals surface area contributed by atoms with E-state index in [2.05, 4.69) is 43.9 Å². The highest BCUT2D eigenvalue weighted by molar-refractivity contribution is 5.19. The van der Waals surface area contributed by atoms with Gasteiger partial charge in [0.1, 0.15) is 17.4 Å². The van der Waals surface area contributed by atoms with Gasteiger partial charge in [-0.15, -0.1) is 10.2 Å². The number of fused-ring (bicyclic) bond motifs is 1. The average molecular weight is 308 g/mol. The first-order chi connectivity index (χ1) is 11.4. The van der Waals surface area contributed by atoms with E-state index in [4.69, 9.17) is 4.42 Å². The van der Waals surface area contributed by atoms with Gasteiger partial charge in [-0.25, -0.2) is 0 Å². The lowest BCUT2D eigenvalue weighted by Gasteiger charge is -2.17. The van der Waals surface area contributed by atoms with Gasteiger partial charge in [-0.1, -0.05) is 30.3 Å². The minimum atomic E-state index is 0.839. The van der Waals surface area contributed by atoms with Crippen molar-refractivity contribution < 1.29 is 4.42 Å². The number of hydrogen-bond donors (Lipinski definition) is 0. The number of hydrogen-bond acceptors (Lipinski definition) is 4. The van der Waals surface area contributed by atoms with E-state index in [0.29, 0.717) is 0 Å².